The Morgan fingerprint density at radius 2 is 1.83 bits per heavy atom. The molecule has 0 fully saturated rings. The van der Waals surface area contributed by atoms with Crippen LogP contribution in [-0.2, 0) is 14.3 Å². The number of nitrogens with one attached hydrogen (secondary N) is 2. The molecule has 1 aliphatic rings. The Labute approximate surface area is 200 Å². The van der Waals surface area contributed by atoms with Crippen molar-refractivity contribution in [3.05, 3.63) is 88.6 Å². The normalized spacial score (nSPS) is 15.1. The first-order valence-corrected chi connectivity index (χ1v) is 10.8. The summed E-state index contributed by atoms with van der Waals surface area (Å²) in [4.78, 5) is 38.2. The second-order valence-corrected chi connectivity index (χ2v) is 7.55. The number of carbonyl (C=O) groups excluding carboxylic acids is 3. The molecule has 0 bridgehead atoms. The number of nitriles is 1. The van der Waals surface area contributed by atoms with Crippen LogP contribution in [0.4, 0.5) is 4.79 Å². The summed E-state index contributed by atoms with van der Waals surface area (Å²) in [6.45, 7) is 2.90. The van der Waals surface area contributed by atoms with Gasteiger partial charge >= 0.3 is 18.0 Å². The number of nitrogens with zero attached hydrogens (tertiary/aromatic N) is 2. The molecule has 2 amide bonds. The van der Waals surface area contributed by atoms with Gasteiger partial charge in [-0.15, -0.1) is 0 Å². The summed E-state index contributed by atoms with van der Waals surface area (Å²) in [5, 5.41) is 14.9. The number of benzene rings is 1. The molecule has 0 saturated carbocycles. The molecule has 178 valence electrons. The van der Waals surface area contributed by atoms with Gasteiger partial charge < -0.3 is 24.5 Å². The van der Waals surface area contributed by atoms with Crippen LogP contribution in [0.25, 0.3) is 5.88 Å². The van der Waals surface area contributed by atoms with E-state index in [1.165, 1.54) is 0 Å². The lowest BCUT2D eigenvalue weighted by molar-refractivity contribution is -0.139. The van der Waals surface area contributed by atoms with Crippen LogP contribution in [0.2, 0.25) is 0 Å². The molecule has 4 rings (SSSR count). The molecule has 1 atom stereocenters. The molecule has 3 heterocycles. The monoisotopic (exact) mass is 474 g/mol. The molecule has 0 spiro atoms. The van der Waals surface area contributed by atoms with Gasteiger partial charge in [-0.25, -0.2) is 14.4 Å². The van der Waals surface area contributed by atoms with Crippen LogP contribution < -0.4 is 10.6 Å². The third-order valence-electron chi connectivity index (χ3n) is 5.35. The molecule has 1 aliphatic heterocycles. The first-order chi connectivity index (χ1) is 16.9. The van der Waals surface area contributed by atoms with E-state index in [0.29, 0.717) is 5.56 Å². The number of hydrogen-bond donors (Lipinski definition) is 2. The lowest BCUT2D eigenvalue weighted by Gasteiger charge is -2.29. The van der Waals surface area contributed by atoms with Crippen LogP contribution in [0.1, 0.15) is 40.2 Å². The minimum Gasteiger partial charge on any atom is -0.463 e. The fourth-order valence-electron chi connectivity index (χ4n) is 3.82. The number of ether oxygens (including phenoxy) is 2. The number of furan rings is 1. The molecule has 0 aliphatic carbocycles. The molecule has 0 saturated heterocycles. The topological polar surface area (TPSA) is 136 Å². The molecule has 35 heavy (non-hydrogen) atoms. The number of esters is 2. The van der Waals surface area contributed by atoms with Crippen LogP contribution in [0.3, 0.4) is 0 Å². The van der Waals surface area contributed by atoms with Gasteiger partial charge in [0, 0.05) is 12.4 Å². The van der Waals surface area contributed by atoms with Crippen molar-refractivity contribution >= 4 is 18.0 Å². The first kappa shape index (κ1) is 23.4. The van der Waals surface area contributed by atoms with E-state index >= 15 is 0 Å². The maximum atomic E-state index is 13.0. The van der Waals surface area contributed by atoms with Crippen molar-refractivity contribution in [3.8, 4) is 12.0 Å². The minimum absolute atomic E-state index is 0.0137. The summed E-state index contributed by atoms with van der Waals surface area (Å²) < 4.78 is 17.9. The Balaban J connectivity index is 1.66. The van der Waals surface area contributed by atoms with Crippen molar-refractivity contribution in [1.82, 2.24) is 15.2 Å². The van der Waals surface area contributed by atoms with E-state index in [4.69, 9.17) is 13.9 Å². The van der Waals surface area contributed by atoms with Crippen LogP contribution in [0.15, 0.2) is 70.5 Å². The van der Waals surface area contributed by atoms with Crippen molar-refractivity contribution in [1.29, 1.82) is 5.26 Å². The van der Waals surface area contributed by atoms with Crippen LogP contribution in [0.5, 0.6) is 0 Å². The Bertz CT molecular complexity index is 1330. The Kier molecular flexibility index (Phi) is 6.69. The van der Waals surface area contributed by atoms with E-state index in [1.54, 1.807) is 67.2 Å². The van der Waals surface area contributed by atoms with Gasteiger partial charge in [0.1, 0.15) is 29.6 Å². The van der Waals surface area contributed by atoms with Gasteiger partial charge in [-0.1, -0.05) is 30.3 Å². The first-order valence-electron chi connectivity index (χ1n) is 10.8. The Morgan fingerprint density at radius 1 is 1.11 bits per heavy atom. The summed E-state index contributed by atoms with van der Waals surface area (Å²) in [5.74, 6) is -1.10. The summed E-state index contributed by atoms with van der Waals surface area (Å²) in [6.07, 6.45) is 3.36. The summed E-state index contributed by atoms with van der Waals surface area (Å²) in [5.41, 5.74) is 0.833. The third kappa shape index (κ3) is 4.65. The van der Waals surface area contributed by atoms with Crippen molar-refractivity contribution in [2.24, 2.45) is 0 Å². The SMILES string of the molecule is CCOC(=O)C1=C(COC(=O)c2c(C)oc(-n3cccc3)c2C#N)NC(=O)N[C@H]1c1ccccc1. The summed E-state index contributed by atoms with van der Waals surface area (Å²) in [7, 11) is 0. The van der Waals surface area contributed by atoms with E-state index < -0.39 is 30.6 Å². The number of urea groups is 1. The predicted octanol–water partition coefficient (Wildman–Crippen LogP) is 3.28. The average molecular weight is 474 g/mol. The van der Waals surface area contributed by atoms with E-state index in [1.807, 2.05) is 12.1 Å². The molecule has 0 radical (unpaired) electrons. The minimum atomic E-state index is -0.832. The van der Waals surface area contributed by atoms with Gasteiger partial charge in [0.05, 0.1) is 23.9 Å². The van der Waals surface area contributed by atoms with Crippen LogP contribution in [0, 0.1) is 18.3 Å². The second kappa shape index (κ2) is 10.0. The van der Waals surface area contributed by atoms with Gasteiger partial charge in [-0.2, -0.15) is 5.26 Å². The van der Waals surface area contributed by atoms with Crippen LogP contribution in [-0.4, -0.2) is 35.8 Å². The smallest absolute Gasteiger partial charge is 0.343 e. The standard InChI is InChI=1S/C25H22N4O6/c1-3-33-24(31)20-18(27-25(32)28-21(20)16-9-5-4-6-10-16)14-34-23(30)19-15(2)35-22(17(19)13-26)29-11-7-8-12-29/h4-12,21H,3,14H2,1-2H3,(H2,27,28,32)/t21-/m0/s1. The molecule has 0 unspecified atom stereocenters. The molecular formula is C25H22N4O6. The lowest BCUT2D eigenvalue weighted by Crippen LogP contribution is -2.47. The lowest BCUT2D eigenvalue weighted by atomic mass is 9.95. The molecule has 1 aromatic carbocycles. The largest absolute Gasteiger partial charge is 0.463 e. The Morgan fingerprint density at radius 3 is 2.49 bits per heavy atom. The number of hydrogen-bond acceptors (Lipinski definition) is 7. The highest BCUT2D eigenvalue weighted by molar-refractivity contribution is 5.96. The highest BCUT2D eigenvalue weighted by Crippen LogP contribution is 2.29. The molecule has 2 N–H and O–H groups in total. The maximum absolute atomic E-state index is 13.0. The molecule has 10 nitrogen and oxygen atoms in total. The van der Waals surface area contributed by atoms with Crippen molar-refractivity contribution in [3.63, 3.8) is 0 Å². The van der Waals surface area contributed by atoms with E-state index in [9.17, 15) is 19.6 Å². The zero-order chi connectivity index (χ0) is 24.9. The van der Waals surface area contributed by atoms with Gasteiger partial charge in [-0.05, 0) is 31.5 Å². The number of carbonyl (C=O) groups is 3. The average Bonchev–Trinajstić information content (AvgIpc) is 3.50. The van der Waals surface area contributed by atoms with E-state index in [-0.39, 0.29) is 40.6 Å². The molecular weight excluding hydrogens is 452 g/mol. The predicted molar refractivity (Wildman–Crippen MR) is 122 cm³/mol. The van der Waals surface area contributed by atoms with Crippen molar-refractivity contribution in [2.45, 2.75) is 19.9 Å². The number of aryl methyl sites for hydroxylation is 1. The molecule has 2 aromatic heterocycles. The maximum Gasteiger partial charge on any atom is 0.343 e. The number of rotatable bonds is 7. The van der Waals surface area contributed by atoms with Crippen molar-refractivity contribution in [2.75, 3.05) is 13.2 Å². The van der Waals surface area contributed by atoms with Gasteiger partial charge in [0.25, 0.3) is 0 Å². The second-order valence-electron chi connectivity index (χ2n) is 7.55. The number of aromatic nitrogens is 1. The summed E-state index contributed by atoms with van der Waals surface area (Å²) in [6, 6.07) is 13.0. The zero-order valence-corrected chi connectivity index (χ0v) is 19.0. The molecule has 10 heteroatoms. The van der Waals surface area contributed by atoms with E-state index in [0.717, 1.165) is 0 Å². The Hall–Kier alpha value is -4.78. The third-order valence-corrected chi connectivity index (χ3v) is 5.35. The highest BCUT2D eigenvalue weighted by Gasteiger charge is 2.34. The van der Waals surface area contributed by atoms with Crippen LogP contribution >= 0.6 is 0 Å². The highest BCUT2D eigenvalue weighted by atomic mass is 16.5. The fraction of sp³-hybridized carbons (Fsp3) is 0.200. The van der Waals surface area contributed by atoms with E-state index in [2.05, 4.69) is 10.6 Å². The molecule has 3 aromatic rings. The number of amides is 2. The van der Waals surface area contributed by atoms with Crippen molar-refractivity contribution < 1.29 is 28.3 Å². The van der Waals surface area contributed by atoms with Gasteiger partial charge in [0.2, 0.25) is 5.88 Å². The quantitative estimate of drug-likeness (QED) is 0.502. The fourth-order valence-corrected chi connectivity index (χ4v) is 3.82. The van der Waals surface area contributed by atoms with Gasteiger partial charge in [0.15, 0.2) is 0 Å². The zero-order valence-electron chi connectivity index (χ0n) is 19.0. The van der Waals surface area contributed by atoms with Gasteiger partial charge in [-0.3, -0.25) is 4.57 Å². The summed E-state index contributed by atoms with van der Waals surface area (Å²) >= 11 is 0.